The van der Waals surface area contributed by atoms with Crippen molar-refractivity contribution in [3.8, 4) is 0 Å². The molecule has 10 heteroatoms. The zero-order valence-corrected chi connectivity index (χ0v) is 18.7. The molecule has 0 saturated carbocycles. The van der Waals surface area contributed by atoms with E-state index in [-0.39, 0.29) is 34.3 Å². The average molecular weight is 453 g/mol. The summed E-state index contributed by atoms with van der Waals surface area (Å²) in [6.45, 7) is 6.99. The molecule has 2 aliphatic rings. The first-order chi connectivity index (χ1) is 14.6. The molecule has 0 atom stereocenters. The highest BCUT2D eigenvalue weighted by atomic mass is 32.1. The van der Waals surface area contributed by atoms with Crippen LogP contribution in [0.1, 0.15) is 64.2 Å². The Morgan fingerprint density at radius 2 is 1.16 bits per heavy atom. The highest BCUT2D eigenvalue weighted by Crippen LogP contribution is 2.28. The number of allylic oxidation sites excluding steroid dienone is 4. The lowest BCUT2D eigenvalue weighted by molar-refractivity contribution is 0.0983. The smallest absolute Gasteiger partial charge is 0.231 e. The lowest BCUT2D eigenvalue weighted by Gasteiger charge is -2.14. The van der Waals surface area contributed by atoms with Crippen molar-refractivity contribution in [2.45, 2.75) is 27.7 Å². The van der Waals surface area contributed by atoms with Gasteiger partial charge in [-0.05, 0) is 27.7 Å². The summed E-state index contributed by atoms with van der Waals surface area (Å²) in [7, 11) is 0. The van der Waals surface area contributed by atoms with Crippen molar-refractivity contribution in [1.29, 1.82) is 0 Å². The van der Waals surface area contributed by atoms with Gasteiger partial charge in [-0.2, -0.15) is 0 Å². The summed E-state index contributed by atoms with van der Waals surface area (Å²) in [5.74, 6) is -1.43. The van der Waals surface area contributed by atoms with Gasteiger partial charge in [-0.15, -0.1) is 22.7 Å². The molecule has 0 bridgehead atoms. The maximum Gasteiger partial charge on any atom is 0.231 e. The quantitative estimate of drug-likeness (QED) is 0.654. The Labute approximate surface area is 185 Å². The summed E-state index contributed by atoms with van der Waals surface area (Å²) >= 11 is 2.36. The number of carbonyl (C=O) groups excluding carboxylic acids is 4. The summed E-state index contributed by atoms with van der Waals surface area (Å²) in [5.41, 5.74) is -0.533. The molecular weight excluding hydrogens is 436 g/mol. The summed E-state index contributed by atoms with van der Waals surface area (Å²) in [5, 5.41) is 1.27. The number of Topliss-reactive ketones (excluding diaryl/α,β-unsaturated/α-hetero) is 2. The Morgan fingerprint density at radius 3 is 1.55 bits per heavy atom. The Balaban J connectivity index is 1.54. The third-order valence-corrected chi connectivity index (χ3v) is 6.39. The molecular formula is C21H16N4O4S2. The molecule has 2 aromatic heterocycles. The van der Waals surface area contributed by atoms with Crippen LogP contribution in [0.2, 0.25) is 0 Å². The minimum atomic E-state index is -0.773. The fraction of sp³-hybridized carbons (Fsp3) is 0.238. The number of aliphatic imine (C=N–C) groups is 2. The molecule has 0 fully saturated rings. The van der Waals surface area contributed by atoms with Gasteiger partial charge in [-0.1, -0.05) is 0 Å². The van der Waals surface area contributed by atoms with Gasteiger partial charge in [0.05, 0.1) is 10.0 Å². The van der Waals surface area contributed by atoms with E-state index in [1.807, 2.05) is 0 Å². The van der Waals surface area contributed by atoms with Gasteiger partial charge in [0.1, 0.15) is 32.5 Å². The highest BCUT2D eigenvalue weighted by molar-refractivity contribution is 7.14. The number of nitrogens with zero attached hydrogens (tertiary/aromatic N) is 4. The van der Waals surface area contributed by atoms with Crippen LogP contribution >= 0.6 is 22.7 Å². The number of aromatic nitrogens is 2. The molecule has 2 aliphatic carbocycles. The predicted molar refractivity (Wildman–Crippen MR) is 118 cm³/mol. The van der Waals surface area contributed by atoms with Crippen LogP contribution in [0, 0.1) is 19.3 Å². The number of aryl methyl sites for hydroxylation is 2. The molecule has 0 saturated heterocycles. The second kappa shape index (κ2) is 7.47. The fourth-order valence-corrected chi connectivity index (χ4v) is 4.60. The number of hydrogen-bond donors (Lipinski definition) is 0. The van der Waals surface area contributed by atoms with Gasteiger partial charge in [0.2, 0.25) is 11.6 Å². The standard InChI is InChI=1S/C21H16N4O4S2/c1-9-24-15-17(28)11(5-13(26)19(15)30-9)22-7-21(3,4)8-23-12-6-14(27)20-16(18(12)29)25-10(2)31-20/h5-8H,1-4H3. The topological polar surface area (TPSA) is 119 Å². The van der Waals surface area contributed by atoms with Gasteiger partial charge in [0.25, 0.3) is 0 Å². The van der Waals surface area contributed by atoms with E-state index in [1.165, 1.54) is 47.3 Å². The number of carbonyl (C=O) groups is 4. The van der Waals surface area contributed by atoms with Gasteiger partial charge in [0, 0.05) is 30.0 Å². The predicted octanol–water partition coefficient (Wildman–Crippen LogP) is 3.61. The maximum absolute atomic E-state index is 12.6. The van der Waals surface area contributed by atoms with Gasteiger partial charge >= 0.3 is 0 Å². The van der Waals surface area contributed by atoms with E-state index in [2.05, 4.69) is 20.0 Å². The summed E-state index contributed by atoms with van der Waals surface area (Å²) in [4.78, 5) is 66.9. The lowest BCUT2D eigenvalue weighted by Crippen LogP contribution is -2.20. The SMILES string of the molecule is Cc1nc2c(s1)C(=O)C=C(N=CC(C)(C)C=NC1=CC(=O)c3sc(C)nc3C1=O)C2=O. The van der Waals surface area contributed by atoms with Crippen LogP contribution in [0.3, 0.4) is 0 Å². The molecule has 0 aliphatic heterocycles. The molecule has 0 N–H and O–H groups in total. The first kappa shape index (κ1) is 21.0. The Kier molecular flexibility index (Phi) is 5.06. The first-order valence-electron chi connectivity index (χ1n) is 9.22. The van der Waals surface area contributed by atoms with Crippen LogP contribution in [-0.4, -0.2) is 45.5 Å². The van der Waals surface area contributed by atoms with Crippen molar-refractivity contribution in [2.75, 3.05) is 0 Å². The zero-order chi connectivity index (χ0) is 22.5. The van der Waals surface area contributed by atoms with E-state index < -0.39 is 17.0 Å². The van der Waals surface area contributed by atoms with Gasteiger partial charge in [-0.3, -0.25) is 29.2 Å². The van der Waals surface area contributed by atoms with E-state index in [1.54, 1.807) is 27.7 Å². The Hall–Kier alpha value is -3.24. The molecule has 0 radical (unpaired) electrons. The Morgan fingerprint density at radius 1 is 0.774 bits per heavy atom. The highest BCUT2D eigenvalue weighted by Gasteiger charge is 2.31. The van der Waals surface area contributed by atoms with E-state index in [4.69, 9.17) is 0 Å². The van der Waals surface area contributed by atoms with Crippen molar-refractivity contribution in [3.63, 3.8) is 0 Å². The molecule has 0 aromatic carbocycles. The monoisotopic (exact) mass is 452 g/mol. The van der Waals surface area contributed by atoms with Crippen LogP contribution in [0.15, 0.2) is 33.5 Å². The van der Waals surface area contributed by atoms with Crippen LogP contribution < -0.4 is 0 Å². The minimum absolute atomic E-state index is 0.00463. The van der Waals surface area contributed by atoms with Crippen LogP contribution in [0.25, 0.3) is 0 Å². The molecule has 0 unspecified atom stereocenters. The molecule has 2 aromatic rings. The van der Waals surface area contributed by atoms with Gasteiger partial charge in [0.15, 0.2) is 11.6 Å². The van der Waals surface area contributed by atoms with E-state index >= 15 is 0 Å². The van der Waals surface area contributed by atoms with Crippen LogP contribution in [0.4, 0.5) is 0 Å². The second-order valence-corrected chi connectivity index (χ2v) is 10.0. The van der Waals surface area contributed by atoms with E-state index in [9.17, 15) is 19.2 Å². The lowest BCUT2D eigenvalue weighted by atomic mass is 9.96. The number of fused-ring (bicyclic) bond motifs is 2. The van der Waals surface area contributed by atoms with Crippen molar-refractivity contribution >= 4 is 58.2 Å². The molecule has 156 valence electrons. The zero-order valence-electron chi connectivity index (χ0n) is 17.0. The Bertz CT molecular complexity index is 1210. The fourth-order valence-electron chi connectivity index (χ4n) is 2.95. The normalized spacial score (nSPS) is 16.8. The third-order valence-electron chi connectivity index (χ3n) is 4.42. The van der Waals surface area contributed by atoms with Crippen LogP contribution in [0.5, 0.6) is 0 Å². The molecule has 8 nitrogen and oxygen atoms in total. The first-order valence-corrected chi connectivity index (χ1v) is 10.9. The summed E-state index contributed by atoms with van der Waals surface area (Å²) in [6.07, 6.45) is 5.33. The van der Waals surface area contributed by atoms with Crippen LogP contribution in [-0.2, 0) is 0 Å². The molecule has 2 heterocycles. The van der Waals surface area contributed by atoms with Crippen molar-refractivity contribution < 1.29 is 19.2 Å². The summed E-state index contributed by atoms with van der Waals surface area (Å²) < 4.78 is 0. The van der Waals surface area contributed by atoms with E-state index in [0.717, 1.165) is 0 Å². The molecule has 0 spiro atoms. The molecule has 4 rings (SSSR count). The van der Waals surface area contributed by atoms with Crippen molar-refractivity contribution in [2.24, 2.45) is 15.4 Å². The van der Waals surface area contributed by atoms with Gasteiger partial charge < -0.3 is 0 Å². The minimum Gasteiger partial charge on any atom is -0.288 e. The third kappa shape index (κ3) is 3.91. The second-order valence-electron chi connectivity index (χ2n) is 7.60. The number of rotatable bonds is 4. The van der Waals surface area contributed by atoms with Gasteiger partial charge in [-0.25, -0.2) is 9.97 Å². The van der Waals surface area contributed by atoms with Crippen molar-refractivity contribution in [3.05, 3.63) is 54.7 Å². The molecule has 0 amide bonds. The van der Waals surface area contributed by atoms with E-state index in [0.29, 0.717) is 19.8 Å². The summed E-state index contributed by atoms with van der Waals surface area (Å²) in [6, 6.07) is 0. The average Bonchev–Trinajstić information content (AvgIpc) is 3.29. The van der Waals surface area contributed by atoms with Crippen molar-refractivity contribution in [1.82, 2.24) is 9.97 Å². The molecule has 31 heavy (non-hydrogen) atoms. The maximum atomic E-state index is 12.6. The largest absolute Gasteiger partial charge is 0.288 e. The number of hydrogen-bond acceptors (Lipinski definition) is 10. The number of thiazole rings is 2. The number of ketones is 4.